The number of nitrogens with zero attached hydrogens (tertiary/aromatic N) is 3. The first-order valence-corrected chi connectivity index (χ1v) is 13.5. The molecule has 0 aliphatic carbocycles. The smallest absolute Gasteiger partial charge is 0.140 e. The number of aromatic nitrogens is 2. The lowest BCUT2D eigenvalue weighted by atomic mass is 9.94. The highest BCUT2D eigenvalue weighted by molar-refractivity contribution is 6.00. The highest BCUT2D eigenvalue weighted by Crippen LogP contribution is 2.38. The topological polar surface area (TPSA) is 73.3 Å². The van der Waals surface area contributed by atoms with E-state index in [1.54, 1.807) is 0 Å². The Labute approximate surface area is 211 Å². The van der Waals surface area contributed by atoms with Gasteiger partial charge in [-0.25, -0.2) is 9.97 Å². The van der Waals surface area contributed by atoms with E-state index in [2.05, 4.69) is 51.9 Å². The standard InChI is InChI=1S/C30H33N5O/c36-24-14-20-3-1-2-4-25(20)27(16-24)21-5-8-26-28(15-21)33-29(13-19-9-11-31-12-10-19)34-30(26)35-22-6-7-23(35)18-32-17-22/h1-5,8,14-16,19,22-23,31-32,36H,6-7,9-13,17-18H2/t22-,23+. The number of anilines is 1. The first-order valence-electron chi connectivity index (χ1n) is 13.5. The molecule has 0 radical (unpaired) electrons. The van der Waals surface area contributed by atoms with Gasteiger partial charge in [0.05, 0.1) is 5.52 Å². The summed E-state index contributed by atoms with van der Waals surface area (Å²) in [6.07, 6.45) is 5.75. The van der Waals surface area contributed by atoms with Crippen molar-refractivity contribution in [1.29, 1.82) is 0 Å². The maximum absolute atomic E-state index is 10.4. The Morgan fingerprint density at radius 2 is 1.64 bits per heavy atom. The fourth-order valence-electron chi connectivity index (χ4n) is 6.62. The molecule has 4 aromatic rings. The second-order valence-electron chi connectivity index (χ2n) is 10.8. The van der Waals surface area contributed by atoms with Gasteiger partial charge in [-0.3, -0.25) is 0 Å². The van der Waals surface area contributed by atoms with E-state index < -0.39 is 0 Å². The van der Waals surface area contributed by atoms with Crippen molar-refractivity contribution in [3.8, 4) is 16.9 Å². The summed E-state index contributed by atoms with van der Waals surface area (Å²) in [5.74, 6) is 3.01. The van der Waals surface area contributed by atoms with Gasteiger partial charge >= 0.3 is 0 Å². The number of fused-ring (bicyclic) bond motifs is 4. The second kappa shape index (κ2) is 9.02. The van der Waals surface area contributed by atoms with Crippen LogP contribution in [-0.4, -0.2) is 53.3 Å². The number of nitrogens with one attached hydrogen (secondary N) is 2. The largest absolute Gasteiger partial charge is 0.508 e. The zero-order valence-corrected chi connectivity index (χ0v) is 20.6. The number of piperazine rings is 1. The van der Waals surface area contributed by atoms with Crippen LogP contribution in [0, 0.1) is 5.92 Å². The molecule has 3 aromatic carbocycles. The molecule has 3 saturated heterocycles. The Bertz CT molecular complexity index is 1410. The van der Waals surface area contributed by atoms with Crippen LogP contribution in [0.4, 0.5) is 5.82 Å². The molecule has 0 saturated carbocycles. The molecule has 1 aromatic heterocycles. The Kier molecular flexibility index (Phi) is 5.51. The summed E-state index contributed by atoms with van der Waals surface area (Å²) in [6.45, 7) is 4.22. The van der Waals surface area contributed by atoms with Gasteiger partial charge in [0.25, 0.3) is 0 Å². The maximum Gasteiger partial charge on any atom is 0.140 e. The van der Waals surface area contributed by atoms with E-state index >= 15 is 0 Å². The SMILES string of the molecule is Oc1cc(-c2ccc3c(N4[C@@H]5CC[C@H]4CNC5)nc(CC4CCNCC4)nc3c2)c2ccccc2c1. The number of phenolic OH excluding ortho intramolecular Hbond substituents is 1. The van der Waals surface area contributed by atoms with Crippen LogP contribution < -0.4 is 15.5 Å². The van der Waals surface area contributed by atoms with Crippen molar-refractivity contribution in [2.24, 2.45) is 5.92 Å². The lowest BCUT2D eigenvalue weighted by Gasteiger charge is -2.37. The fourth-order valence-corrected chi connectivity index (χ4v) is 6.62. The third-order valence-electron chi connectivity index (χ3n) is 8.44. The molecule has 6 heteroatoms. The van der Waals surface area contributed by atoms with Crippen LogP contribution in [0.15, 0.2) is 54.6 Å². The average molecular weight is 480 g/mol. The fraction of sp³-hybridized carbons (Fsp3) is 0.400. The molecule has 0 spiro atoms. The molecule has 184 valence electrons. The van der Waals surface area contributed by atoms with Crippen LogP contribution in [0.5, 0.6) is 5.75 Å². The predicted molar refractivity (Wildman–Crippen MR) is 146 cm³/mol. The van der Waals surface area contributed by atoms with Crippen molar-refractivity contribution in [3.05, 3.63) is 60.4 Å². The molecule has 3 aliphatic rings. The Hall–Kier alpha value is -3.22. The quantitative estimate of drug-likeness (QED) is 0.396. The molecule has 2 atom stereocenters. The number of hydrogen-bond acceptors (Lipinski definition) is 6. The summed E-state index contributed by atoms with van der Waals surface area (Å²) >= 11 is 0. The monoisotopic (exact) mass is 479 g/mol. The van der Waals surface area contributed by atoms with Crippen molar-refractivity contribution in [2.45, 2.75) is 44.2 Å². The third kappa shape index (κ3) is 3.89. The van der Waals surface area contributed by atoms with Crippen molar-refractivity contribution in [2.75, 3.05) is 31.1 Å². The molecule has 3 aliphatic heterocycles. The van der Waals surface area contributed by atoms with Gasteiger partial charge in [-0.15, -0.1) is 0 Å². The number of piperidine rings is 1. The van der Waals surface area contributed by atoms with Gasteiger partial charge in [-0.2, -0.15) is 0 Å². The summed E-state index contributed by atoms with van der Waals surface area (Å²) in [7, 11) is 0. The molecular weight excluding hydrogens is 446 g/mol. The van der Waals surface area contributed by atoms with E-state index in [0.717, 1.165) is 77.0 Å². The van der Waals surface area contributed by atoms with E-state index in [1.807, 2.05) is 18.2 Å². The lowest BCUT2D eigenvalue weighted by molar-refractivity contribution is 0.367. The maximum atomic E-state index is 10.4. The van der Waals surface area contributed by atoms with Gasteiger partial charge in [-0.1, -0.05) is 30.3 Å². The van der Waals surface area contributed by atoms with Crippen LogP contribution in [0.25, 0.3) is 32.8 Å². The first-order chi connectivity index (χ1) is 17.7. The molecule has 2 bridgehead atoms. The van der Waals surface area contributed by atoms with Gasteiger partial charge in [0.1, 0.15) is 17.4 Å². The van der Waals surface area contributed by atoms with Crippen LogP contribution in [0.3, 0.4) is 0 Å². The summed E-state index contributed by atoms with van der Waals surface area (Å²) in [6, 6.07) is 19.5. The van der Waals surface area contributed by atoms with Crippen LogP contribution in [0.1, 0.15) is 31.5 Å². The minimum Gasteiger partial charge on any atom is -0.508 e. The minimum atomic E-state index is 0.288. The minimum absolute atomic E-state index is 0.288. The molecular formula is C30H33N5O. The summed E-state index contributed by atoms with van der Waals surface area (Å²) < 4.78 is 0. The van der Waals surface area contributed by atoms with Crippen molar-refractivity contribution in [1.82, 2.24) is 20.6 Å². The molecule has 4 heterocycles. The predicted octanol–water partition coefficient (Wildman–Crippen LogP) is 4.64. The van der Waals surface area contributed by atoms with E-state index in [1.165, 1.54) is 25.7 Å². The summed E-state index contributed by atoms with van der Waals surface area (Å²) in [4.78, 5) is 13.0. The van der Waals surface area contributed by atoms with Gasteiger partial charge in [0, 0.05) is 37.0 Å². The Morgan fingerprint density at radius 1 is 0.833 bits per heavy atom. The van der Waals surface area contributed by atoms with Gasteiger partial charge < -0.3 is 20.6 Å². The zero-order chi connectivity index (χ0) is 24.1. The van der Waals surface area contributed by atoms with Gasteiger partial charge in [0.15, 0.2) is 0 Å². The number of hydrogen-bond donors (Lipinski definition) is 3. The third-order valence-corrected chi connectivity index (χ3v) is 8.44. The van der Waals surface area contributed by atoms with Crippen LogP contribution >= 0.6 is 0 Å². The van der Waals surface area contributed by atoms with E-state index in [-0.39, 0.29) is 5.75 Å². The van der Waals surface area contributed by atoms with Crippen LogP contribution in [-0.2, 0) is 6.42 Å². The summed E-state index contributed by atoms with van der Waals surface area (Å²) in [5.41, 5.74) is 3.12. The van der Waals surface area contributed by atoms with Crippen molar-refractivity contribution in [3.63, 3.8) is 0 Å². The number of aromatic hydroxyl groups is 1. The van der Waals surface area contributed by atoms with E-state index in [9.17, 15) is 5.11 Å². The normalized spacial score (nSPS) is 22.5. The number of phenols is 1. The average Bonchev–Trinajstić information content (AvgIpc) is 3.15. The van der Waals surface area contributed by atoms with Gasteiger partial charge in [-0.05, 0) is 90.9 Å². The van der Waals surface area contributed by atoms with Crippen LogP contribution in [0.2, 0.25) is 0 Å². The molecule has 6 nitrogen and oxygen atoms in total. The molecule has 0 unspecified atom stereocenters. The molecule has 3 fully saturated rings. The molecule has 7 rings (SSSR count). The number of rotatable bonds is 4. The highest BCUT2D eigenvalue weighted by atomic mass is 16.3. The molecule has 36 heavy (non-hydrogen) atoms. The lowest BCUT2D eigenvalue weighted by Crippen LogP contribution is -2.52. The van der Waals surface area contributed by atoms with Crippen molar-refractivity contribution < 1.29 is 5.11 Å². The first kappa shape index (κ1) is 22.0. The molecule has 3 N–H and O–H groups in total. The van der Waals surface area contributed by atoms with E-state index in [4.69, 9.17) is 9.97 Å². The number of benzene rings is 3. The Morgan fingerprint density at radius 3 is 2.47 bits per heavy atom. The Balaban J connectivity index is 1.37. The zero-order valence-electron chi connectivity index (χ0n) is 20.6. The molecule has 0 amide bonds. The second-order valence-corrected chi connectivity index (χ2v) is 10.8. The summed E-state index contributed by atoms with van der Waals surface area (Å²) in [5, 5.41) is 20.9. The van der Waals surface area contributed by atoms with Gasteiger partial charge in [0.2, 0.25) is 0 Å². The van der Waals surface area contributed by atoms with E-state index in [0.29, 0.717) is 18.0 Å². The highest BCUT2D eigenvalue weighted by Gasteiger charge is 2.38. The van der Waals surface area contributed by atoms with Crippen molar-refractivity contribution >= 4 is 27.5 Å².